The number of hydrogen-bond acceptors (Lipinski definition) is 3. The second-order valence-corrected chi connectivity index (χ2v) is 18.5. The molecule has 0 aliphatic rings. The Labute approximate surface area is 389 Å². The van der Waals surface area contributed by atoms with Gasteiger partial charge in [0.25, 0.3) is 0 Å². The van der Waals surface area contributed by atoms with Gasteiger partial charge in [0.2, 0.25) is 0 Å². The molecule has 0 bridgehead atoms. The van der Waals surface area contributed by atoms with Crippen LogP contribution in [0, 0.1) is 0 Å². The molecule has 0 radical (unpaired) electrons. The molecule has 0 atom stereocenters. The molecule has 67 heavy (non-hydrogen) atoms. The van der Waals surface area contributed by atoms with E-state index in [1.807, 2.05) is 23.7 Å². The third-order valence-corrected chi connectivity index (χ3v) is 14.7. The van der Waals surface area contributed by atoms with Crippen molar-refractivity contribution < 1.29 is 0 Å². The summed E-state index contributed by atoms with van der Waals surface area (Å²) in [5.74, 6) is 0.896. The molecule has 0 saturated carbocycles. The van der Waals surface area contributed by atoms with E-state index in [0.29, 0.717) is 0 Å². The van der Waals surface area contributed by atoms with Crippen molar-refractivity contribution in [1.29, 1.82) is 0 Å². The first-order chi connectivity index (χ1) is 33.2. The summed E-state index contributed by atoms with van der Waals surface area (Å²) in [4.78, 5) is 9.80. The second-order valence-electron chi connectivity index (χ2n) is 17.4. The fourth-order valence-electron chi connectivity index (χ4n) is 10.4. The van der Waals surface area contributed by atoms with Crippen molar-refractivity contribution in [2.45, 2.75) is 0 Å². The topological polar surface area (TPSA) is 35.6 Å². The molecule has 0 fully saturated rings. The molecule has 312 valence electrons. The Kier molecular flexibility index (Phi) is 8.42. The van der Waals surface area contributed by atoms with E-state index in [-0.39, 0.29) is 0 Å². The summed E-state index contributed by atoms with van der Waals surface area (Å²) < 4.78 is 7.29. The van der Waals surface area contributed by atoms with Crippen molar-refractivity contribution in [1.82, 2.24) is 19.1 Å². The highest BCUT2D eigenvalue weighted by Crippen LogP contribution is 2.41. The number of thiophene rings is 1. The van der Waals surface area contributed by atoms with Crippen LogP contribution in [0.5, 0.6) is 0 Å². The van der Waals surface area contributed by atoms with Gasteiger partial charge < -0.3 is 4.57 Å². The van der Waals surface area contributed by atoms with Gasteiger partial charge in [0.1, 0.15) is 5.82 Å². The molecule has 5 heterocycles. The van der Waals surface area contributed by atoms with Gasteiger partial charge in [-0.2, -0.15) is 0 Å². The molecular weight excluding hydrogens is 833 g/mol. The third-order valence-electron chi connectivity index (χ3n) is 13.6. The van der Waals surface area contributed by atoms with Crippen LogP contribution in [0.15, 0.2) is 231 Å². The van der Waals surface area contributed by atoms with E-state index in [0.717, 1.165) is 44.9 Å². The normalized spacial score (nSPS) is 11.9. The Bertz CT molecular complexity index is 4220. The molecule has 4 nitrogen and oxygen atoms in total. The third kappa shape index (κ3) is 6.13. The maximum atomic E-state index is 5.34. The Morgan fingerprint density at radius 3 is 1.70 bits per heavy atom. The van der Waals surface area contributed by atoms with E-state index in [1.54, 1.807) is 0 Å². The van der Waals surface area contributed by atoms with Crippen LogP contribution in [0.3, 0.4) is 0 Å². The number of para-hydroxylation sites is 2. The van der Waals surface area contributed by atoms with E-state index in [9.17, 15) is 0 Å². The molecular formula is C62H38N4S. The Balaban J connectivity index is 0.851. The molecule has 0 amide bonds. The maximum absolute atomic E-state index is 5.34. The SMILES string of the molecule is c1ccc(-c2cc(-c3ccccc3)nc(-n3c4ccccc4c4cc(-c5ccc6cc(-c7ccc8c9ccccc9n(-c9ccc%10sc%11ccncc%11c%10c9)c8c7)ccc6c5)ccc43)c2)cc1. The number of pyridine rings is 2. The van der Waals surface area contributed by atoms with Gasteiger partial charge in [-0.05, 0) is 123 Å². The van der Waals surface area contributed by atoms with Gasteiger partial charge in [0, 0.05) is 65.4 Å². The van der Waals surface area contributed by atoms with Gasteiger partial charge in [0.15, 0.2) is 0 Å². The van der Waals surface area contributed by atoms with Crippen molar-refractivity contribution in [2.24, 2.45) is 0 Å². The minimum Gasteiger partial charge on any atom is -0.309 e. The standard InChI is InChI=1S/C62H38N4S/c1-3-11-39(12-4-1)47-34-55(40-13-5-2-6-14-40)64-62(36-47)66-57-18-10-8-16-50(57)52-33-45(24-27-58(52)66)43-21-19-42-32-44(22-20-41(42)31-43)46-23-26-51-49-15-7-9-17-56(49)65(59(51)35-46)48-25-28-60-53(37-48)54-38-63-30-29-61(54)67-60/h1-38H. The molecule has 14 aromatic rings. The van der Waals surface area contributed by atoms with Gasteiger partial charge in [-0.1, -0.05) is 140 Å². The molecule has 0 aliphatic carbocycles. The molecule has 0 N–H and O–H groups in total. The van der Waals surface area contributed by atoms with Crippen molar-refractivity contribution >= 4 is 85.9 Å². The van der Waals surface area contributed by atoms with Crippen LogP contribution < -0.4 is 0 Å². The zero-order valence-electron chi connectivity index (χ0n) is 36.1. The van der Waals surface area contributed by atoms with Crippen LogP contribution in [-0.2, 0) is 0 Å². The van der Waals surface area contributed by atoms with Gasteiger partial charge >= 0.3 is 0 Å². The summed E-state index contributed by atoms with van der Waals surface area (Å²) in [7, 11) is 0. The summed E-state index contributed by atoms with van der Waals surface area (Å²) in [5, 5.41) is 9.76. The van der Waals surface area contributed by atoms with Crippen LogP contribution >= 0.6 is 11.3 Å². The van der Waals surface area contributed by atoms with Crippen LogP contribution in [0.25, 0.3) is 131 Å². The first-order valence-corrected chi connectivity index (χ1v) is 23.5. The molecule has 0 aliphatic heterocycles. The van der Waals surface area contributed by atoms with Crippen LogP contribution in [0.2, 0.25) is 0 Å². The monoisotopic (exact) mass is 870 g/mol. The zero-order chi connectivity index (χ0) is 44.0. The highest BCUT2D eigenvalue weighted by Gasteiger charge is 2.18. The fourth-order valence-corrected chi connectivity index (χ4v) is 11.4. The summed E-state index contributed by atoms with van der Waals surface area (Å²) in [5.41, 5.74) is 14.9. The highest BCUT2D eigenvalue weighted by molar-refractivity contribution is 7.25. The van der Waals surface area contributed by atoms with E-state index in [2.05, 4.69) is 233 Å². The van der Waals surface area contributed by atoms with Crippen molar-refractivity contribution in [3.63, 3.8) is 0 Å². The Morgan fingerprint density at radius 2 is 0.925 bits per heavy atom. The quantitative estimate of drug-likeness (QED) is 0.167. The van der Waals surface area contributed by atoms with Crippen LogP contribution in [0.4, 0.5) is 0 Å². The van der Waals surface area contributed by atoms with Crippen LogP contribution in [0.1, 0.15) is 0 Å². The average molecular weight is 871 g/mol. The van der Waals surface area contributed by atoms with Crippen molar-refractivity contribution in [2.75, 3.05) is 0 Å². The minimum absolute atomic E-state index is 0.896. The van der Waals surface area contributed by atoms with Crippen molar-refractivity contribution in [3.05, 3.63) is 231 Å². The fraction of sp³-hybridized carbons (Fsp3) is 0. The van der Waals surface area contributed by atoms with E-state index in [1.165, 1.54) is 85.8 Å². The molecule has 0 spiro atoms. The molecule has 5 aromatic heterocycles. The lowest BCUT2D eigenvalue weighted by molar-refractivity contribution is 1.08. The summed E-state index contributed by atoms with van der Waals surface area (Å²) >= 11 is 1.82. The van der Waals surface area contributed by atoms with E-state index in [4.69, 9.17) is 4.98 Å². The lowest BCUT2D eigenvalue weighted by Crippen LogP contribution is -2.00. The molecule has 0 unspecified atom stereocenters. The number of hydrogen-bond donors (Lipinski definition) is 0. The number of fused-ring (bicyclic) bond motifs is 10. The first kappa shape index (κ1) is 37.7. The average Bonchev–Trinajstić information content (AvgIpc) is 4.05. The summed E-state index contributed by atoms with van der Waals surface area (Å²) in [6.07, 6.45) is 3.88. The number of aromatic nitrogens is 4. The number of benzene rings is 9. The van der Waals surface area contributed by atoms with Crippen LogP contribution in [-0.4, -0.2) is 19.1 Å². The predicted molar refractivity (Wildman–Crippen MR) is 283 cm³/mol. The summed E-state index contributed by atoms with van der Waals surface area (Å²) in [6, 6.07) is 79.5. The molecule has 0 saturated heterocycles. The van der Waals surface area contributed by atoms with Gasteiger partial charge in [-0.15, -0.1) is 11.3 Å². The van der Waals surface area contributed by atoms with Crippen molar-refractivity contribution in [3.8, 4) is 56.1 Å². The van der Waals surface area contributed by atoms with E-state index < -0.39 is 0 Å². The Morgan fingerprint density at radius 1 is 0.328 bits per heavy atom. The van der Waals surface area contributed by atoms with Gasteiger partial charge in [0.05, 0.1) is 27.8 Å². The number of nitrogens with zero attached hydrogens (tertiary/aromatic N) is 4. The Hall–Kier alpha value is -8.64. The zero-order valence-corrected chi connectivity index (χ0v) is 37.0. The highest BCUT2D eigenvalue weighted by atomic mass is 32.1. The summed E-state index contributed by atoms with van der Waals surface area (Å²) in [6.45, 7) is 0. The lowest BCUT2D eigenvalue weighted by atomic mass is 9.96. The maximum Gasteiger partial charge on any atom is 0.138 e. The molecule has 9 aromatic carbocycles. The molecule has 5 heteroatoms. The first-order valence-electron chi connectivity index (χ1n) is 22.7. The van der Waals surface area contributed by atoms with Gasteiger partial charge in [-0.3, -0.25) is 9.55 Å². The minimum atomic E-state index is 0.896. The number of rotatable bonds is 6. The molecule has 14 rings (SSSR count). The lowest BCUT2D eigenvalue weighted by Gasteiger charge is -2.13. The second kappa shape index (κ2) is 15.0. The van der Waals surface area contributed by atoms with E-state index >= 15 is 0 Å². The van der Waals surface area contributed by atoms with Gasteiger partial charge in [-0.25, -0.2) is 4.98 Å². The smallest absolute Gasteiger partial charge is 0.138 e. The predicted octanol–water partition coefficient (Wildman–Crippen LogP) is 16.9. The largest absolute Gasteiger partial charge is 0.309 e.